The Morgan fingerprint density at radius 1 is 1.21 bits per heavy atom. The van der Waals surface area contributed by atoms with Crippen molar-refractivity contribution >= 4 is 41.2 Å². The van der Waals surface area contributed by atoms with Crippen molar-refractivity contribution in [3.05, 3.63) is 78.3 Å². The number of rotatable bonds is 10. The van der Waals surface area contributed by atoms with Crippen molar-refractivity contribution in [1.29, 1.82) is 0 Å². The monoisotopic (exact) mass is 406 g/mol. The van der Waals surface area contributed by atoms with E-state index in [9.17, 15) is 9.59 Å². The van der Waals surface area contributed by atoms with Gasteiger partial charge in [0.15, 0.2) is 5.13 Å². The summed E-state index contributed by atoms with van der Waals surface area (Å²) in [6.07, 6.45) is 15.4. The van der Waals surface area contributed by atoms with Crippen LogP contribution in [-0.4, -0.2) is 24.1 Å². The van der Waals surface area contributed by atoms with Gasteiger partial charge in [-0.25, -0.2) is 4.98 Å². The maximum Gasteiger partial charge on any atom is 0.241 e. The number of nitrogens with one attached hydrogen (secondary N) is 2. The normalized spacial score (nSPS) is 15.9. The van der Waals surface area contributed by atoms with Gasteiger partial charge in [-0.1, -0.05) is 61.2 Å². The Kier molecular flexibility index (Phi) is 8.15. The summed E-state index contributed by atoms with van der Waals surface area (Å²) >= 11 is 1.32. The molecule has 1 saturated carbocycles. The van der Waals surface area contributed by atoms with Crippen LogP contribution in [0.1, 0.15) is 26.7 Å². The molecule has 1 aromatic rings. The number of thiazole rings is 1. The van der Waals surface area contributed by atoms with Crippen LogP contribution in [-0.2, 0) is 9.59 Å². The van der Waals surface area contributed by atoms with E-state index in [0.29, 0.717) is 23.7 Å². The fourth-order valence-electron chi connectivity index (χ4n) is 2.59. The third-order valence-electron chi connectivity index (χ3n) is 4.33. The van der Waals surface area contributed by atoms with Gasteiger partial charge in [0.2, 0.25) is 19.1 Å². The Labute approximate surface area is 176 Å². The SMILES string of the molecule is C=C/C=C\C(=C/C)NC(=O)C1(C(=O)Nc2nc([B]C(/C=C\C)=C/C=C)cs2)CC1. The molecule has 5 nitrogen and oxygen atoms in total. The van der Waals surface area contributed by atoms with Crippen molar-refractivity contribution in [3.8, 4) is 0 Å². The van der Waals surface area contributed by atoms with E-state index in [1.807, 2.05) is 44.7 Å². The summed E-state index contributed by atoms with van der Waals surface area (Å²) in [5.74, 6) is -0.626. The van der Waals surface area contributed by atoms with E-state index in [0.717, 1.165) is 11.1 Å². The molecule has 29 heavy (non-hydrogen) atoms. The largest absolute Gasteiger partial charge is 0.325 e. The second-order valence-electron chi connectivity index (χ2n) is 6.45. The summed E-state index contributed by atoms with van der Waals surface area (Å²) in [5, 5.41) is 7.93. The topological polar surface area (TPSA) is 71.1 Å². The highest BCUT2D eigenvalue weighted by Gasteiger charge is 2.56. The van der Waals surface area contributed by atoms with Crippen molar-refractivity contribution in [3.63, 3.8) is 0 Å². The highest BCUT2D eigenvalue weighted by atomic mass is 32.1. The first-order chi connectivity index (χ1) is 14.0. The summed E-state index contributed by atoms with van der Waals surface area (Å²) in [6.45, 7) is 11.1. The van der Waals surface area contributed by atoms with Gasteiger partial charge in [0.25, 0.3) is 0 Å². The molecule has 0 unspecified atom stereocenters. The van der Waals surface area contributed by atoms with Gasteiger partial charge < -0.3 is 10.6 Å². The molecular weight excluding hydrogens is 381 g/mol. The molecule has 0 aromatic carbocycles. The van der Waals surface area contributed by atoms with E-state index in [1.165, 1.54) is 11.3 Å². The van der Waals surface area contributed by atoms with Crippen molar-refractivity contribution in [2.75, 3.05) is 5.32 Å². The molecule has 2 amide bonds. The lowest BCUT2D eigenvalue weighted by molar-refractivity contribution is -0.133. The molecule has 0 bridgehead atoms. The Hall–Kier alpha value is -2.93. The van der Waals surface area contributed by atoms with Crippen LogP contribution in [0.15, 0.2) is 78.3 Å². The zero-order valence-corrected chi connectivity index (χ0v) is 17.6. The molecule has 0 atom stereocenters. The number of nitrogens with zero attached hydrogens (tertiary/aromatic N) is 1. The first-order valence-electron chi connectivity index (χ1n) is 9.33. The molecule has 1 aromatic heterocycles. The number of anilines is 1. The zero-order chi connectivity index (χ0) is 21.3. The summed E-state index contributed by atoms with van der Waals surface area (Å²) in [6, 6.07) is 0. The number of carbonyl (C=O) groups excluding carboxylic acids is 2. The standard InChI is InChI=1S/C22H25BN3O2S/c1-5-9-12-17(8-4)24-19(27)22(13-14-22)20(28)26-21-25-18(15-29-21)23-16(10-6-2)11-7-3/h5-12,15H,1-2,13-14H2,3-4H3,(H,24,27)(H,25,26,28)/b11-7-,12-9-,16-10+,17-8+. The van der Waals surface area contributed by atoms with Crippen LogP contribution >= 0.6 is 11.3 Å². The number of allylic oxidation sites excluding steroid dienone is 9. The highest BCUT2D eigenvalue weighted by Crippen LogP contribution is 2.47. The second-order valence-corrected chi connectivity index (χ2v) is 7.31. The summed E-state index contributed by atoms with van der Waals surface area (Å²) < 4.78 is 0. The van der Waals surface area contributed by atoms with Gasteiger partial charge in [-0.3, -0.25) is 9.59 Å². The molecule has 2 N–H and O–H groups in total. The summed E-state index contributed by atoms with van der Waals surface area (Å²) in [5.41, 5.74) is 1.28. The first-order valence-corrected chi connectivity index (χ1v) is 10.2. The molecule has 149 valence electrons. The minimum atomic E-state index is -1.04. The van der Waals surface area contributed by atoms with Gasteiger partial charge in [0.1, 0.15) is 5.41 Å². The Balaban J connectivity index is 2.03. The van der Waals surface area contributed by atoms with Crippen molar-refractivity contribution < 1.29 is 9.59 Å². The lowest BCUT2D eigenvalue weighted by atomic mass is 9.66. The molecule has 0 spiro atoms. The zero-order valence-electron chi connectivity index (χ0n) is 16.8. The van der Waals surface area contributed by atoms with Gasteiger partial charge in [-0.2, -0.15) is 0 Å². The fourth-order valence-corrected chi connectivity index (χ4v) is 3.26. The Morgan fingerprint density at radius 2 is 1.97 bits per heavy atom. The van der Waals surface area contributed by atoms with Gasteiger partial charge in [-0.05, 0) is 32.8 Å². The predicted molar refractivity (Wildman–Crippen MR) is 122 cm³/mol. The van der Waals surface area contributed by atoms with E-state index in [4.69, 9.17) is 0 Å². The van der Waals surface area contributed by atoms with Crippen LogP contribution in [0.3, 0.4) is 0 Å². The van der Waals surface area contributed by atoms with E-state index in [-0.39, 0.29) is 11.8 Å². The van der Waals surface area contributed by atoms with Crippen LogP contribution in [0, 0.1) is 5.41 Å². The third-order valence-corrected chi connectivity index (χ3v) is 5.10. The number of hydrogen-bond acceptors (Lipinski definition) is 4. The average molecular weight is 406 g/mol. The maximum absolute atomic E-state index is 12.8. The molecule has 1 aliphatic carbocycles. The Bertz CT molecular complexity index is 905. The molecule has 0 saturated heterocycles. The van der Waals surface area contributed by atoms with Crippen LogP contribution in [0.5, 0.6) is 0 Å². The smallest absolute Gasteiger partial charge is 0.241 e. The fraction of sp³-hybridized carbons (Fsp3) is 0.227. The van der Waals surface area contributed by atoms with Crippen molar-refractivity contribution in [2.24, 2.45) is 5.41 Å². The predicted octanol–water partition coefficient (Wildman–Crippen LogP) is 3.60. The lowest BCUT2D eigenvalue weighted by Crippen LogP contribution is -2.39. The molecule has 1 radical (unpaired) electrons. The van der Waals surface area contributed by atoms with Gasteiger partial charge in [-0.15, -0.1) is 11.3 Å². The summed E-state index contributed by atoms with van der Waals surface area (Å²) in [7, 11) is 1.90. The van der Waals surface area contributed by atoms with Crippen LogP contribution < -0.4 is 16.2 Å². The minimum absolute atomic E-state index is 0.301. The highest BCUT2D eigenvalue weighted by molar-refractivity contribution is 7.14. The van der Waals surface area contributed by atoms with Crippen LogP contribution in [0.4, 0.5) is 5.13 Å². The van der Waals surface area contributed by atoms with Crippen molar-refractivity contribution in [2.45, 2.75) is 26.7 Å². The minimum Gasteiger partial charge on any atom is -0.325 e. The summed E-state index contributed by atoms with van der Waals surface area (Å²) in [4.78, 5) is 29.8. The van der Waals surface area contributed by atoms with Gasteiger partial charge in [0.05, 0.1) is 0 Å². The molecule has 7 heteroatoms. The number of amides is 2. The molecule has 1 fully saturated rings. The maximum atomic E-state index is 12.8. The number of hydrogen-bond donors (Lipinski definition) is 2. The lowest BCUT2D eigenvalue weighted by Gasteiger charge is -2.14. The molecule has 1 aliphatic rings. The van der Waals surface area contributed by atoms with E-state index < -0.39 is 5.41 Å². The Morgan fingerprint density at radius 3 is 2.55 bits per heavy atom. The van der Waals surface area contributed by atoms with E-state index in [2.05, 4.69) is 28.8 Å². The number of carbonyl (C=O) groups is 2. The number of aromatic nitrogens is 1. The van der Waals surface area contributed by atoms with E-state index in [1.54, 1.807) is 30.4 Å². The third kappa shape index (κ3) is 6.02. The second kappa shape index (κ2) is 10.6. The quantitative estimate of drug-likeness (QED) is 0.354. The molecule has 1 heterocycles. The first kappa shape index (κ1) is 22.4. The van der Waals surface area contributed by atoms with Gasteiger partial charge in [0, 0.05) is 16.7 Å². The van der Waals surface area contributed by atoms with Crippen LogP contribution in [0.2, 0.25) is 0 Å². The molecular formula is C22H25BN3O2S. The molecule has 0 aliphatic heterocycles. The molecule has 2 rings (SSSR count). The van der Waals surface area contributed by atoms with Crippen LogP contribution in [0.25, 0.3) is 0 Å². The van der Waals surface area contributed by atoms with Gasteiger partial charge >= 0.3 is 0 Å². The average Bonchev–Trinajstić information content (AvgIpc) is 3.41. The van der Waals surface area contributed by atoms with E-state index >= 15 is 0 Å². The van der Waals surface area contributed by atoms with Crippen molar-refractivity contribution in [1.82, 2.24) is 10.3 Å².